The van der Waals surface area contributed by atoms with Gasteiger partial charge in [-0.3, -0.25) is 0 Å². The van der Waals surface area contributed by atoms with Gasteiger partial charge in [0, 0.05) is 0 Å². The van der Waals surface area contributed by atoms with Gasteiger partial charge in [0.15, 0.2) is 0 Å². The largest absolute Gasteiger partial charge is 0.0856 e. The molecule has 0 aliphatic rings. The van der Waals surface area contributed by atoms with Gasteiger partial charge in [0.2, 0.25) is 0 Å². The van der Waals surface area contributed by atoms with Gasteiger partial charge in [-0.25, -0.2) is 0 Å². The van der Waals surface area contributed by atoms with Crippen LogP contribution in [0.25, 0.3) is 0 Å². The summed E-state index contributed by atoms with van der Waals surface area (Å²) in [6.07, 6.45) is 15.7. The molecule has 0 N–H and O–H groups in total. The normalized spacial score (nSPS) is 14.7. The summed E-state index contributed by atoms with van der Waals surface area (Å²) < 4.78 is 0. The second kappa shape index (κ2) is 10.9. The third kappa shape index (κ3) is 13.9. The number of hydrogen-bond donors (Lipinski definition) is 0. The van der Waals surface area contributed by atoms with Crippen molar-refractivity contribution in [3.63, 3.8) is 0 Å². The molecule has 0 aliphatic heterocycles. The van der Waals surface area contributed by atoms with Crippen LogP contribution in [-0.2, 0) is 0 Å². The Hall–Kier alpha value is -0.780. The molecule has 0 bridgehead atoms. The lowest BCUT2D eigenvalue weighted by atomic mass is 9.90. The summed E-state index contributed by atoms with van der Waals surface area (Å²) in [7, 11) is 0. The second-order valence-corrected chi connectivity index (χ2v) is 7.68. The first-order valence-corrected chi connectivity index (χ1v) is 8.71. The maximum absolute atomic E-state index is 2.43. The molecule has 0 unspecified atom stereocenters. The van der Waals surface area contributed by atoms with Gasteiger partial charge in [-0.2, -0.15) is 0 Å². The lowest BCUT2D eigenvalue weighted by molar-refractivity contribution is 0.381. The Kier molecular flexibility index (Phi) is 10.5. The Bertz CT molecular complexity index is 358. The Balaban J connectivity index is 3.94. The van der Waals surface area contributed by atoms with E-state index in [-0.39, 0.29) is 0 Å². The molecule has 0 aromatic heterocycles. The lowest BCUT2D eigenvalue weighted by Gasteiger charge is -2.16. The Morgan fingerprint density at radius 1 is 0.714 bits per heavy atom. The zero-order chi connectivity index (χ0) is 16.3. The van der Waals surface area contributed by atoms with E-state index in [0.717, 1.165) is 0 Å². The molecule has 0 amide bonds. The minimum Gasteiger partial charge on any atom is -0.0856 e. The quantitative estimate of drug-likeness (QED) is 0.383. The van der Waals surface area contributed by atoms with Gasteiger partial charge in [-0.15, -0.1) is 0 Å². The van der Waals surface area contributed by atoms with Crippen LogP contribution < -0.4 is 0 Å². The third-order valence-electron chi connectivity index (χ3n) is 4.01. The van der Waals surface area contributed by atoms with Gasteiger partial charge >= 0.3 is 0 Å². The number of allylic oxidation sites excluding steroid dienone is 6. The molecule has 0 spiro atoms. The van der Waals surface area contributed by atoms with Crippen molar-refractivity contribution < 1.29 is 0 Å². The second-order valence-electron chi connectivity index (χ2n) is 7.68. The minimum absolute atomic E-state index is 0.456. The average molecular weight is 291 g/mol. The highest BCUT2D eigenvalue weighted by atomic mass is 14.1. The van der Waals surface area contributed by atoms with Crippen LogP contribution in [0.1, 0.15) is 93.4 Å². The zero-order valence-corrected chi connectivity index (χ0v) is 15.7. The molecule has 122 valence electrons. The SMILES string of the molecule is CC/C(C)=C/CC/C(C)=C/CC/C(C)=C/CCC(C)(C)C. The molecule has 21 heavy (non-hydrogen) atoms. The van der Waals surface area contributed by atoms with Crippen molar-refractivity contribution in [2.24, 2.45) is 5.41 Å². The van der Waals surface area contributed by atoms with Crippen LogP contribution >= 0.6 is 0 Å². The lowest BCUT2D eigenvalue weighted by Crippen LogP contribution is -2.03. The van der Waals surface area contributed by atoms with E-state index in [0.29, 0.717) is 5.41 Å². The van der Waals surface area contributed by atoms with Gasteiger partial charge in [-0.1, -0.05) is 62.6 Å². The molecule has 0 radical (unpaired) electrons. The molecule has 0 heterocycles. The first-order chi connectivity index (χ1) is 9.74. The first kappa shape index (κ1) is 20.2. The summed E-state index contributed by atoms with van der Waals surface area (Å²) in [5.74, 6) is 0. The topological polar surface area (TPSA) is 0 Å². The molecule has 0 rings (SSSR count). The predicted octanol–water partition coefficient (Wildman–Crippen LogP) is 7.62. The molecule has 0 saturated heterocycles. The van der Waals surface area contributed by atoms with Crippen LogP contribution in [0.15, 0.2) is 34.9 Å². The molecule has 0 aromatic rings. The Morgan fingerprint density at radius 2 is 1.14 bits per heavy atom. The van der Waals surface area contributed by atoms with Crippen LogP contribution in [0.5, 0.6) is 0 Å². The minimum atomic E-state index is 0.456. The van der Waals surface area contributed by atoms with Crippen molar-refractivity contribution >= 4 is 0 Å². The summed E-state index contributed by atoms with van der Waals surface area (Å²) >= 11 is 0. The van der Waals surface area contributed by atoms with Crippen molar-refractivity contribution in [2.75, 3.05) is 0 Å². The van der Waals surface area contributed by atoms with Crippen LogP contribution in [-0.4, -0.2) is 0 Å². The van der Waals surface area contributed by atoms with Gasteiger partial charge in [0.1, 0.15) is 0 Å². The molecular weight excluding hydrogens is 252 g/mol. The van der Waals surface area contributed by atoms with E-state index in [9.17, 15) is 0 Å². The summed E-state index contributed by atoms with van der Waals surface area (Å²) in [6, 6.07) is 0. The van der Waals surface area contributed by atoms with Gasteiger partial charge in [0.25, 0.3) is 0 Å². The molecule has 0 nitrogen and oxygen atoms in total. The standard InChI is InChI=1S/C21H38/c1-8-18(2)12-9-13-19(3)14-10-15-20(4)16-11-17-21(5,6)7/h12,14,16H,8-11,13,15,17H2,1-7H3/b18-12+,19-14+,20-16+. The van der Waals surface area contributed by atoms with E-state index in [1.807, 2.05) is 0 Å². The fraction of sp³-hybridized carbons (Fsp3) is 0.714. The van der Waals surface area contributed by atoms with E-state index < -0.39 is 0 Å². The number of hydrogen-bond acceptors (Lipinski definition) is 0. The fourth-order valence-corrected chi connectivity index (χ4v) is 2.19. The van der Waals surface area contributed by atoms with Crippen molar-refractivity contribution in [1.82, 2.24) is 0 Å². The third-order valence-corrected chi connectivity index (χ3v) is 4.01. The van der Waals surface area contributed by atoms with E-state index in [1.54, 1.807) is 5.57 Å². The van der Waals surface area contributed by atoms with E-state index in [1.165, 1.54) is 56.1 Å². The van der Waals surface area contributed by atoms with Crippen molar-refractivity contribution in [2.45, 2.75) is 93.4 Å². The monoisotopic (exact) mass is 290 g/mol. The molecule has 0 atom stereocenters. The summed E-state index contributed by atoms with van der Waals surface area (Å²) in [5.41, 5.74) is 5.06. The summed E-state index contributed by atoms with van der Waals surface area (Å²) in [6.45, 7) is 16.0. The van der Waals surface area contributed by atoms with Crippen molar-refractivity contribution in [1.29, 1.82) is 0 Å². The molecule has 0 aromatic carbocycles. The van der Waals surface area contributed by atoms with Gasteiger partial charge in [0.05, 0.1) is 0 Å². The molecule has 0 fully saturated rings. The number of rotatable bonds is 9. The van der Waals surface area contributed by atoms with Crippen LogP contribution in [0.4, 0.5) is 0 Å². The van der Waals surface area contributed by atoms with Crippen LogP contribution in [0.3, 0.4) is 0 Å². The maximum Gasteiger partial charge on any atom is -0.0288 e. The van der Waals surface area contributed by atoms with Gasteiger partial charge in [-0.05, 0) is 71.1 Å². The molecule has 0 aliphatic carbocycles. The van der Waals surface area contributed by atoms with Gasteiger partial charge < -0.3 is 0 Å². The fourth-order valence-electron chi connectivity index (χ4n) is 2.19. The van der Waals surface area contributed by atoms with Crippen LogP contribution in [0.2, 0.25) is 0 Å². The molecule has 0 heteroatoms. The maximum atomic E-state index is 2.43. The Morgan fingerprint density at radius 3 is 1.57 bits per heavy atom. The average Bonchev–Trinajstić information content (AvgIpc) is 2.36. The highest BCUT2D eigenvalue weighted by molar-refractivity contribution is 5.06. The zero-order valence-electron chi connectivity index (χ0n) is 15.7. The summed E-state index contributed by atoms with van der Waals surface area (Å²) in [5, 5.41) is 0. The predicted molar refractivity (Wildman–Crippen MR) is 98.7 cm³/mol. The van der Waals surface area contributed by atoms with Crippen molar-refractivity contribution in [3.8, 4) is 0 Å². The highest BCUT2D eigenvalue weighted by Crippen LogP contribution is 2.21. The smallest absolute Gasteiger partial charge is 0.0288 e. The first-order valence-electron chi connectivity index (χ1n) is 8.71. The van der Waals surface area contributed by atoms with E-state index in [2.05, 4.69) is 66.7 Å². The highest BCUT2D eigenvalue weighted by Gasteiger charge is 2.07. The molecular formula is C21H38. The Labute approximate surface area is 134 Å². The summed E-state index contributed by atoms with van der Waals surface area (Å²) in [4.78, 5) is 0. The molecule has 0 saturated carbocycles. The van der Waals surface area contributed by atoms with Crippen LogP contribution in [0, 0.1) is 5.41 Å². The van der Waals surface area contributed by atoms with E-state index in [4.69, 9.17) is 0 Å². The van der Waals surface area contributed by atoms with Crippen molar-refractivity contribution in [3.05, 3.63) is 34.9 Å². The van der Waals surface area contributed by atoms with E-state index >= 15 is 0 Å².